The molecule has 0 aliphatic carbocycles. The standard InChI is InChI=1S/C13H17F4NO2/c1-3-12(19,4-2)11(18)8-5-6-10(9(14)7-8)20-13(15,16)17/h5-7,11,19H,3-4,18H2,1-2H3. The number of hydrogen-bond donors (Lipinski definition) is 2. The van der Waals surface area contributed by atoms with E-state index in [1.54, 1.807) is 13.8 Å². The van der Waals surface area contributed by atoms with Crippen LogP contribution in [0.2, 0.25) is 0 Å². The second-order valence-corrected chi connectivity index (χ2v) is 4.53. The number of aliphatic hydroxyl groups is 1. The molecule has 1 aromatic rings. The Bertz CT molecular complexity index is 458. The lowest BCUT2D eigenvalue weighted by atomic mass is 9.85. The molecule has 114 valence electrons. The molecule has 3 nitrogen and oxygen atoms in total. The second-order valence-electron chi connectivity index (χ2n) is 4.53. The van der Waals surface area contributed by atoms with Crippen LogP contribution in [0.15, 0.2) is 18.2 Å². The molecule has 0 fully saturated rings. The monoisotopic (exact) mass is 295 g/mol. The van der Waals surface area contributed by atoms with Crippen LogP contribution in [0.4, 0.5) is 17.6 Å². The van der Waals surface area contributed by atoms with Gasteiger partial charge >= 0.3 is 6.36 Å². The molecule has 0 amide bonds. The van der Waals surface area contributed by atoms with Crippen molar-refractivity contribution in [3.63, 3.8) is 0 Å². The molecule has 0 aliphatic rings. The van der Waals surface area contributed by atoms with E-state index in [0.717, 1.165) is 12.1 Å². The van der Waals surface area contributed by atoms with Crippen LogP contribution < -0.4 is 10.5 Å². The predicted molar refractivity (Wildman–Crippen MR) is 65.5 cm³/mol. The number of nitrogens with two attached hydrogens (primary N) is 1. The number of alkyl halides is 3. The first-order chi connectivity index (χ1) is 9.13. The number of ether oxygens (including phenoxy) is 1. The highest BCUT2D eigenvalue weighted by atomic mass is 19.4. The number of halogens is 4. The highest BCUT2D eigenvalue weighted by molar-refractivity contribution is 5.32. The number of benzene rings is 1. The maximum atomic E-state index is 13.6. The van der Waals surface area contributed by atoms with Gasteiger partial charge in [0, 0.05) is 0 Å². The van der Waals surface area contributed by atoms with Crippen LogP contribution in [0.25, 0.3) is 0 Å². The fraction of sp³-hybridized carbons (Fsp3) is 0.538. The zero-order valence-corrected chi connectivity index (χ0v) is 11.2. The normalized spacial score (nSPS) is 14.2. The van der Waals surface area contributed by atoms with E-state index in [9.17, 15) is 22.7 Å². The van der Waals surface area contributed by atoms with Gasteiger partial charge < -0.3 is 15.6 Å². The van der Waals surface area contributed by atoms with Gasteiger partial charge in [-0.05, 0) is 30.5 Å². The van der Waals surface area contributed by atoms with Gasteiger partial charge in [-0.1, -0.05) is 19.9 Å². The zero-order valence-electron chi connectivity index (χ0n) is 11.2. The third-order valence-electron chi connectivity index (χ3n) is 3.34. The van der Waals surface area contributed by atoms with E-state index in [4.69, 9.17) is 5.73 Å². The molecule has 0 spiro atoms. The molecule has 7 heteroatoms. The van der Waals surface area contributed by atoms with Crippen LogP contribution in [-0.2, 0) is 0 Å². The van der Waals surface area contributed by atoms with E-state index >= 15 is 0 Å². The van der Waals surface area contributed by atoms with Crippen molar-refractivity contribution in [3.8, 4) is 5.75 Å². The highest BCUT2D eigenvalue weighted by Crippen LogP contribution is 2.33. The van der Waals surface area contributed by atoms with E-state index in [1.165, 1.54) is 6.07 Å². The molecule has 1 atom stereocenters. The molecule has 1 aromatic carbocycles. The van der Waals surface area contributed by atoms with Crippen molar-refractivity contribution < 1.29 is 27.4 Å². The van der Waals surface area contributed by atoms with Crippen LogP contribution in [0.5, 0.6) is 5.75 Å². The van der Waals surface area contributed by atoms with Crippen LogP contribution >= 0.6 is 0 Å². The van der Waals surface area contributed by atoms with Crippen LogP contribution in [0, 0.1) is 5.82 Å². The number of hydrogen-bond acceptors (Lipinski definition) is 3. The Morgan fingerprint density at radius 2 is 1.80 bits per heavy atom. The van der Waals surface area contributed by atoms with Crippen molar-refractivity contribution in [3.05, 3.63) is 29.6 Å². The predicted octanol–water partition coefficient (Wildman–Crippen LogP) is 3.28. The molecule has 3 N–H and O–H groups in total. The van der Waals surface area contributed by atoms with E-state index in [1.807, 2.05) is 0 Å². The molecule has 0 saturated heterocycles. The van der Waals surface area contributed by atoms with Crippen LogP contribution in [-0.4, -0.2) is 17.1 Å². The lowest BCUT2D eigenvalue weighted by Crippen LogP contribution is -2.40. The fourth-order valence-corrected chi connectivity index (χ4v) is 1.92. The minimum Gasteiger partial charge on any atom is -0.403 e. The minimum atomic E-state index is -4.96. The summed E-state index contributed by atoms with van der Waals surface area (Å²) in [4.78, 5) is 0. The largest absolute Gasteiger partial charge is 0.573 e. The summed E-state index contributed by atoms with van der Waals surface area (Å²) >= 11 is 0. The summed E-state index contributed by atoms with van der Waals surface area (Å²) in [5.41, 5.74) is 4.84. The van der Waals surface area contributed by atoms with Crippen molar-refractivity contribution in [2.45, 2.75) is 44.7 Å². The molecule has 0 saturated carbocycles. The van der Waals surface area contributed by atoms with Gasteiger partial charge in [0.2, 0.25) is 0 Å². The zero-order chi connectivity index (χ0) is 15.6. The topological polar surface area (TPSA) is 55.5 Å². The van der Waals surface area contributed by atoms with Gasteiger partial charge in [-0.25, -0.2) is 4.39 Å². The Labute approximate surface area is 114 Å². The maximum absolute atomic E-state index is 13.6. The van der Waals surface area contributed by atoms with E-state index in [-0.39, 0.29) is 5.56 Å². The average Bonchev–Trinajstić information content (AvgIpc) is 2.38. The summed E-state index contributed by atoms with van der Waals surface area (Å²) in [5, 5.41) is 10.2. The summed E-state index contributed by atoms with van der Waals surface area (Å²) in [5.74, 6) is -2.10. The van der Waals surface area contributed by atoms with E-state index in [0.29, 0.717) is 12.8 Å². The van der Waals surface area contributed by atoms with Crippen LogP contribution in [0.3, 0.4) is 0 Å². The molecular weight excluding hydrogens is 278 g/mol. The summed E-state index contributed by atoms with van der Waals surface area (Å²) in [6, 6.07) is 2.02. The molecule has 0 radical (unpaired) electrons. The van der Waals surface area contributed by atoms with Gasteiger partial charge in [0.05, 0.1) is 11.6 Å². The quantitative estimate of drug-likeness (QED) is 0.820. The summed E-state index contributed by atoms with van der Waals surface area (Å²) < 4.78 is 53.2. The van der Waals surface area contributed by atoms with Crippen molar-refractivity contribution in [2.75, 3.05) is 0 Å². The van der Waals surface area contributed by atoms with Crippen molar-refractivity contribution in [1.82, 2.24) is 0 Å². The highest BCUT2D eigenvalue weighted by Gasteiger charge is 2.34. The maximum Gasteiger partial charge on any atom is 0.573 e. The van der Waals surface area contributed by atoms with E-state index < -0.39 is 29.6 Å². The van der Waals surface area contributed by atoms with Gasteiger partial charge in [-0.3, -0.25) is 0 Å². The molecule has 20 heavy (non-hydrogen) atoms. The molecule has 0 bridgehead atoms. The second kappa shape index (κ2) is 5.97. The SMILES string of the molecule is CCC(O)(CC)C(N)c1ccc(OC(F)(F)F)c(F)c1. The Morgan fingerprint density at radius 1 is 1.25 bits per heavy atom. The van der Waals surface area contributed by atoms with E-state index in [2.05, 4.69) is 4.74 Å². The Kier molecular flexibility index (Phi) is 4.99. The Hall–Kier alpha value is -1.34. The minimum absolute atomic E-state index is 0.211. The Balaban J connectivity index is 3.03. The summed E-state index contributed by atoms with van der Waals surface area (Å²) in [6.07, 6.45) is -4.28. The van der Waals surface area contributed by atoms with Crippen LogP contribution in [0.1, 0.15) is 38.3 Å². The third-order valence-corrected chi connectivity index (χ3v) is 3.34. The van der Waals surface area contributed by atoms with Gasteiger partial charge in [-0.2, -0.15) is 0 Å². The first kappa shape index (κ1) is 16.7. The summed E-state index contributed by atoms with van der Waals surface area (Å²) in [6.45, 7) is 3.45. The Morgan fingerprint density at radius 3 is 2.20 bits per heavy atom. The molecule has 1 rings (SSSR count). The molecule has 1 unspecified atom stereocenters. The van der Waals surface area contributed by atoms with Crippen molar-refractivity contribution in [1.29, 1.82) is 0 Å². The average molecular weight is 295 g/mol. The molecule has 0 aliphatic heterocycles. The first-order valence-corrected chi connectivity index (χ1v) is 6.16. The molecular formula is C13H17F4NO2. The van der Waals surface area contributed by atoms with Crippen molar-refractivity contribution in [2.24, 2.45) is 5.73 Å². The fourth-order valence-electron chi connectivity index (χ4n) is 1.92. The first-order valence-electron chi connectivity index (χ1n) is 6.16. The summed E-state index contributed by atoms with van der Waals surface area (Å²) in [7, 11) is 0. The smallest absolute Gasteiger partial charge is 0.403 e. The van der Waals surface area contributed by atoms with Gasteiger partial charge in [0.15, 0.2) is 11.6 Å². The molecule has 0 aromatic heterocycles. The third kappa shape index (κ3) is 3.83. The lowest BCUT2D eigenvalue weighted by Gasteiger charge is -2.32. The number of rotatable bonds is 5. The lowest BCUT2D eigenvalue weighted by molar-refractivity contribution is -0.275. The van der Waals surface area contributed by atoms with Gasteiger partial charge in [0.25, 0.3) is 0 Å². The van der Waals surface area contributed by atoms with Crippen molar-refractivity contribution >= 4 is 0 Å². The molecule has 0 heterocycles. The van der Waals surface area contributed by atoms with Gasteiger partial charge in [-0.15, -0.1) is 13.2 Å². The van der Waals surface area contributed by atoms with Gasteiger partial charge in [0.1, 0.15) is 0 Å².